The Morgan fingerprint density at radius 2 is 1.52 bits per heavy atom. The third-order valence-corrected chi connectivity index (χ3v) is 7.41. The Labute approximate surface area is 244 Å². The van der Waals surface area contributed by atoms with Gasteiger partial charge in [-0.25, -0.2) is 9.97 Å². The number of para-hydroxylation sites is 1. The van der Waals surface area contributed by atoms with E-state index >= 15 is 0 Å². The Bertz CT molecular complexity index is 1420. The first-order valence-corrected chi connectivity index (χ1v) is 14.3. The number of rotatable bonds is 11. The number of aromatic nitrogens is 2. The van der Waals surface area contributed by atoms with Crippen molar-refractivity contribution in [2.45, 2.75) is 25.4 Å². The van der Waals surface area contributed by atoms with Gasteiger partial charge in [0.25, 0.3) is 0 Å². The van der Waals surface area contributed by atoms with Gasteiger partial charge in [-0.15, -0.1) is 13.2 Å². The van der Waals surface area contributed by atoms with Crippen LogP contribution < -0.4 is 10.1 Å². The van der Waals surface area contributed by atoms with Crippen molar-refractivity contribution < 1.29 is 17.9 Å². The van der Waals surface area contributed by atoms with Crippen molar-refractivity contribution in [3.05, 3.63) is 95.8 Å². The van der Waals surface area contributed by atoms with Crippen LogP contribution >= 0.6 is 0 Å². The predicted molar refractivity (Wildman–Crippen MR) is 159 cm³/mol. The molecule has 1 unspecified atom stereocenters. The molecule has 1 aromatic heterocycles. The number of hydrogen-bond acceptors (Lipinski definition) is 7. The maximum Gasteiger partial charge on any atom is 0.573 e. The molecule has 0 aliphatic carbocycles. The highest BCUT2D eigenvalue weighted by atomic mass is 19.4. The molecule has 222 valence electrons. The highest BCUT2D eigenvalue weighted by Crippen LogP contribution is 2.32. The molecule has 2 heterocycles. The molecule has 1 aliphatic rings. The number of benzene rings is 3. The van der Waals surface area contributed by atoms with Gasteiger partial charge in [0.05, 0.1) is 18.1 Å². The second-order valence-corrected chi connectivity index (χ2v) is 10.8. The van der Waals surface area contributed by atoms with E-state index in [1.54, 1.807) is 12.1 Å². The van der Waals surface area contributed by atoms with Gasteiger partial charge in [0.15, 0.2) is 0 Å². The molecule has 0 spiro atoms. The summed E-state index contributed by atoms with van der Waals surface area (Å²) in [7, 11) is 4.15. The lowest BCUT2D eigenvalue weighted by atomic mass is 9.96. The Morgan fingerprint density at radius 3 is 2.21 bits per heavy atom. The van der Waals surface area contributed by atoms with Gasteiger partial charge in [-0.1, -0.05) is 54.6 Å². The van der Waals surface area contributed by atoms with Crippen LogP contribution in [0.2, 0.25) is 0 Å². The summed E-state index contributed by atoms with van der Waals surface area (Å²) in [5, 5.41) is 4.54. The Hall–Kier alpha value is -3.73. The molecule has 42 heavy (non-hydrogen) atoms. The van der Waals surface area contributed by atoms with Crippen LogP contribution in [-0.4, -0.2) is 84.4 Å². The molecule has 0 bridgehead atoms. The molecule has 0 amide bonds. The van der Waals surface area contributed by atoms with E-state index < -0.39 is 6.36 Å². The van der Waals surface area contributed by atoms with E-state index in [0.29, 0.717) is 6.54 Å². The smallest absolute Gasteiger partial charge is 0.406 e. The number of nitrogens with zero attached hydrogens (tertiary/aromatic N) is 5. The first kappa shape index (κ1) is 29.8. The normalized spacial score (nSPS) is 15.7. The van der Waals surface area contributed by atoms with Crippen LogP contribution in [0.3, 0.4) is 0 Å². The van der Waals surface area contributed by atoms with Crippen molar-refractivity contribution >= 4 is 16.7 Å². The van der Waals surface area contributed by atoms with Gasteiger partial charge >= 0.3 is 6.36 Å². The molecule has 10 heteroatoms. The molecule has 4 aromatic rings. The van der Waals surface area contributed by atoms with E-state index in [1.807, 2.05) is 36.4 Å². The maximum atomic E-state index is 12.7. The van der Waals surface area contributed by atoms with E-state index in [2.05, 4.69) is 57.0 Å². The molecule has 3 aromatic carbocycles. The lowest BCUT2D eigenvalue weighted by molar-refractivity contribution is -0.274. The standard InChI is InChI=1S/C32H37F3N6O/c1-39(2)18-8-17-36-31-27-11-6-7-12-28(27)37-29(38-31)23-40-19-21-41(22-20-40)30(24-9-4-3-5-10-24)25-13-15-26(16-14-25)42-32(33,34)35/h3-7,9-16,30H,8,17-23H2,1-2H3,(H,36,37,38). The van der Waals surface area contributed by atoms with Crippen LogP contribution in [0.5, 0.6) is 5.75 Å². The van der Waals surface area contributed by atoms with Gasteiger partial charge in [0.2, 0.25) is 0 Å². The predicted octanol–water partition coefficient (Wildman–Crippen LogP) is 5.80. The van der Waals surface area contributed by atoms with Crippen molar-refractivity contribution in [3.8, 4) is 5.75 Å². The molecule has 1 atom stereocenters. The van der Waals surface area contributed by atoms with Gasteiger partial charge < -0.3 is 15.0 Å². The van der Waals surface area contributed by atoms with Gasteiger partial charge in [-0.05, 0) is 62.5 Å². The largest absolute Gasteiger partial charge is 0.573 e. The highest BCUT2D eigenvalue weighted by Gasteiger charge is 2.31. The fraction of sp³-hybridized carbons (Fsp3) is 0.375. The van der Waals surface area contributed by atoms with Crippen LogP contribution in [-0.2, 0) is 6.54 Å². The molecule has 0 radical (unpaired) electrons. The lowest BCUT2D eigenvalue weighted by Crippen LogP contribution is -2.47. The summed E-state index contributed by atoms with van der Waals surface area (Å²) in [5.41, 5.74) is 2.95. The molecular formula is C32H37F3N6O. The molecule has 7 nitrogen and oxygen atoms in total. The summed E-state index contributed by atoms with van der Waals surface area (Å²) in [6.07, 6.45) is -3.70. The molecule has 1 saturated heterocycles. The van der Waals surface area contributed by atoms with Crippen molar-refractivity contribution in [1.82, 2.24) is 24.7 Å². The minimum Gasteiger partial charge on any atom is -0.406 e. The second kappa shape index (κ2) is 13.5. The van der Waals surface area contributed by atoms with Gasteiger partial charge in [0.1, 0.15) is 17.4 Å². The summed E-state index contributed by atoms with van der Waals surface area (Å²) in [6, 6.07) is 24.3. The first-order chi connectivity index (χ1) is 20.2. The van der Waals surface area contributed by atoms with E-state index in [4.69, 9.17) is 9.97 Å². The highest BCUT2D eigenvalue weighted by molar-refractivity contribution is 5.88. The van der Waals surface area contributed by atoms with E-state index in [9.17, 15) is 13.2 Å². The van der Waals surface area contributed by atoms with E-state index in [1.165, 1.54) is 12.1 Å². The molecule has 0 saturated carbocycles. The van der Waals surface area contributed by atoms with Gasteiger partial charge in [-0.2, -0.15) is 0 Å². The number of nitrogens with one attached hydrogen (secondary N) is 1. The SMILES string of the molecule is CN(C)CCCNc1nc(CN2CCN(C(c3ccccc3)c3ccc(OC(F)(F)F)cc3)CC2)nc2ccccc12. The number of halogens is 3. The molecule has 5 rings (SSSR count). The van der Waals surface area contributed by atoms with Crippen LogP contribution in [0.25, 0.3) is 10.9 Å². The van der Waals surface area contributed by atoms with Crippen molar-refractivity contribution in [2.75, 3.05) is 58.7 Å². The van der Waals surface area contributed by atoms with Gasteiger partial charge in [-0.3, -0.25) is 9.80 Å². The fourth-order valence-corrected chi connectivity index (χ4v) is 5.41. The Balaban J connectivity index is 1.27. The van der Waals surface area contributed by atoms with Gasteiger partial charge in [0, 0.05) is 38.1 Å². The number of ether oxygens (including phenoxy) is 1. The quantitative estimate of drug-likeness (QED) is 0.226. The average Bonchev–Trinajstić information content (AvgIpc) is 2.97. The lowest BCUT2D eigenvalue weighted by Gasteiger charge is -2.39. The topological polar surface area (TPSA) is 56.8 Å². The molecule has 1 aliphatic heterocycles. The van der Waals surface area contributed by atoms with Crippen LogP contribution in [0.1, 0.15) is 29.4 Å². The van der Waals surface area contributed by atoms with E-state index in [0.717, 1.165) is 79.4 Å². The third kappa shape index (κ3) is 7.96. The summed E-state index contributed by atoms with van der Waals surface area (Å²) < 4.78 is 42.2. The summed E-state index contributed by atoms with van der Waals surface area (Å²) >= 11 is 0. The molecule has 1 N–H and O–H groups in total. The minimum absolute atomic E-state index is 0.0804. The van der Waals surface area contributed by atoms with Crippen molar-refractivity contribution in [1.29, 1.82) is 0 Å². The summed E-state index contributed by atoms with van der Waals surface area (Å²) in [5.74, 6) is 1.44. The number of hydrogen-bond donors (Lipinski definition) is 1. The van der Waals surface area contributed by atoms with Crippen LogP contribution in [0.15, 0.2) is 78.9 Å². The maximum absolute atomic E-state index is 12.7. The second-order valence-electron chi connectivity index (χ2n) is 10.8. The Kier molecular flexibility index (Phi) is 9.56. The zero-order chi connectivity index (χ0) is 29.5. The zero-order valence-corrected chi connectivity index (χ0v) is 24.0. The summed E-state index contributed by atoms with van der Waals surface area (Å²) in [6.45, 7) is 5.71. The van der Waals surface area contributed by atoms with Crippen molar-refractivity contribution in [2.24, 2.45) is 0 Å². The number of anilines is 1. The minimum atomic E-state index is -4.71. The number of fused-ring (bicyclic) bond motifs is 1. The summed E-state index contributed by atoms with van der Waals surface area (Å²) in [4.78, 5) is 16.7. The van der Waals surface area contributed by atoms with E-state index in [-0.39, 0.29) is 11.8 Å². The molecule has 1 fully saturated rings. The zero-order valence-electron chi connectivity index (χ0n) is 24.0. The fourth-order valence-electron chi connectivity index (χ4n) is 5.41. The first-order valence-electron chi connectivity index (χ1n) is 14.3. The monoisotopic (exact) mass is 578 g/mol. The van der Waals surface area contributed by atoms with Crippen molar-refractivity contribution in [3.63, 3.8) is 0 Å². The number of alkyl halides is 3. The Morgan fingerprint density at radius 1 is 0.857 bits per heavy atom. The molecular weight excluding hydrogens is 541 g/mol. The van der Waals surface area contributed by atoms with Crippen LogP contribution in [0.4, 0.5) is 19.0 Å². The average molecular weight is 579 g/mol. The van der Waals surface area contributed by atoms with Crippen LogP contribution in [0, 0.1) is 0 Å². The number of piperazine rings is 1. The third-order valence-electron chi connectivity index (χ3n) is 7.41.